The first kappa shape index (κ1) is 27.4. The van der Waals surface area contributed by atoms with Gasteiger partial charge in [0.2, 0.25) is 5.91 Å². The number of nitrogens with zero attached hydrogens (tertiary/aromatic N) is 2. The van der Waals surface area contributed by atoms with Crippen LogP contribution < -0.4 is 4.74 Å². The van der Waals surface area contributed by atoms with Gasteiger partial charge < -0.3 is 14.5 Å². The molecule has 1 atom stereocenters. The van der Waals surface area contributed by atoms with Crippen LogP contribution in [-0.2, 0) is 16.8 Å². The second kappa shape index (κ2) is 11.8. The molecule has 0 N–H and O–H groups in total. The van der Waals surface area contributed by atoms with Crippen molar-refractivity contribution in [3.63, 3.8) is 0 Å². The van der Waals surface area contributed by atoms with Crippen LogP contribution in [0.3, 0.4) is 0 Å². The molecular formula is C33H40N2O3. The van der Waals surface area contributed by atoms with Crippen molar-refractivity contribution in [3.05, 3.63) is 102 Å². The van der Waals surface area contributed by atoms with Gasteiger partial charge in [-0.1, -0.05) is 81.4 Å². The maximum atomic E-state index is 13.6. The molecule has 0 aliphatic carbocycles. The Labute approximate surface area is 227 Å². The Bertz CT molecular complexity index is 1200. The highest BCUT2D eigenvalue weighted by Gasteiger charge is 2.40. The molecule has 3 aromatic rings. The van der Waals surface area contributed by atoms with E-state index >= 15 is 0 Å². The van der Waals surface area contributed by atoms with Crippen LogP contribution >= 0.6 is 0 Å². The van der Waals surface area contributed by atoms with Crippen LogP contribution in [0.5, 0.6) is 5.75 Å². The van der Waals surface area contributed by atoms with Gasteiger partial charge in [-0.15, -0.1) is 0 Å². The van der Waals surface area contributed by atoms with E-state index in [0.29, 0.717) is 38.2 Å². The minimum Gasteiger partial charge on any atom is -0.493 e. The number of piperidine rings is 1. The Morgan fingerprint density at radius 1 is 0.921 bits per heavy atom. The Hall–Kier alpha value is -3.60. The summed E-state index contributed by atoms with van der Waals surface area (Å²) in [7, 11) is 1.85. The van der Waals surface area contributed by atoms with Crippen LogP contribution in [0.25, 0.3) is 0 Å². The summed E-state index contributed by atoms with van der Waals surface area (Å²) in [6.07, 6.45) is 1.99. The quantitative estimate of drug-likeness (QED) is 0.354. The summed E-state index contributed by atoms with van der Waals surface area (Å²) in [4.78, 5) is 30.7. The smallest absolute Gasteiger partial charge is 0.253 e. The number of para-hydroxylation sites is 1. The van der Waals surface area contributed by atoms with Crippen molar-refractivity contribution in [2.75, 3.05) is 26.7 Å². The van der Waals surface area contributed by atoms with Crippen molar-refractivity contribution < 1.29 is 14.3 Å². The molecule has 1 aliphatic heterocycles. The summed E-state index contributed by atoms with van der Waals surface area (Å²) in [6.45, 7) is 8.61. The predicted octanol–water partition coefficient (Wildman–Crippen LogP) is 6.33. The number of carbonyl (C=O) groups excluding carboxylic acids is 2. The van der Waals surface area contributed by atoms with Crippen LogP contribution in [0.1, 0.15) is 61.5 Å². The van der Waals surface area contributed by atoms with Gasteiger partial charge in [-0.3, -0.25) is 9.59 Å². The highest BCUT2D eigenvalue weighted by atomic mass is 16.5. The number of rotatable bonds is 8. The van der Waals surface area contributed by atoms with Gasteiger partial charge in [-0.25, -0.2) is 0 Å². The molecule has 4 rings (SSSR count). The molecule has 5 heteroatoms. The van der Waals surface area contributed by atoms with Crippen LogP contribution in [0.2, 0.25) is 0 Å². The molecule has 1 fully saturated rings. The van der Waals surface area contributed by atoms with Crippen molar-refractivity contribution in [1.82, 2.24) is 9.80 Å². The summed E-state index contributed by atoms with van der Waals surface area (Å²) in [5.41, 5.74) is 2.55. The van der Waals surface area contributed by atoms with E-state index in [2.05, 4.69) is 20.8 Å². The van der Waals surface area contributed by atoms with Crippen LogP contribution in [0, 0.1) is 5.41 Å². The van der Waals surface area contributed by atoms with E-state index in [9.17, 15) is 9.59 Å². The van der Waals surface area contributed by atoms with Gasteiger partial charge in [0.15, 0.2) is 0 Å². The summed E-state index contributed by atoms with van der Waals surface area (Å²) in [5.74, 6) is 0.854. The summed E-state index contributed by atoms with van der Waals surface area (Å²) >= 11 is 0. The van der Waals surface area contributed by atoms with E-state index in [0.717, 1.165) is 24.2 Å². The number of ether oxygens (including phenoxy) is 1. The zero-order valence-corrected chi connectivity index (χ0v) is 23.2. The van der Waals surface area contributed by atoms with Gasteiger partial charge >= 0.3 is 0 Å². The van der Waals surface area contributed by atoms with Crippen molar-refractivity contribution in [1.29, 1.82) is 0 Å². The Balaban J connectivity index is 1.52. The molecule has 0 saturated carbocycles. The van der Waals surface area contributed by atoms with E-state index in [-0.39, 0.29) is 17.2 Å². The third-order valence-corrected chi connectivity index (χ3v) is 7.45. The fraction of sp³-hybridized carbons (Fsp3) is 0.394. The van der Waals surface area contributed by atoms with E-state index in [1.165, 1.54) is 5.56 Å². The van der Waals surface area contributed by atoms with E-state index in [4.69, 9.17) is 4.74 Å². The number of hydrogen-bond acceptors (Lipinski definition) is 3. The molecule has 3 aromatic carbocycles. The third-order valence-electron chi connectivity index (χ3n) is 7.45. The fourth-order valence-corrected chi connectivity index (χ4v) is 5.14. The van der Waals surface area contributed by atoms with Crippen molar-refractivity contribution >= 4 is 11.8 Å². The second-order valence-corrected chi connectivity index (χ2v) is 11.7. The number of likely N-dealkylation sites (tertiary alicyclic amines) is 1. The first-order valence-corrected chi connectivity index (χ1v) is 13.5. The maximum Gasteiger partial charge on any atom is 0.253 e. The lowest BCUT2D eigenvalue weighted by atomic mass is 9.77. The predicted molar refractivity (Wildman–Crippen MR) is 152 cm³/mol. The first-order chi connectivity index (χ1) is 18.2. The highest BCUT2D eigenvalue weighted by Crippen LogP contribution is 2.36. The molecule has 200 valence electrons. The molecule has 5 nitrogen and oxygen atoms in total. The SMILES string of the molecule is CN(Cc1ccccc1)C(=O)C[C@@]1(COc2ccccc2)CCCN(C(=O)c2ccc(C(C)(C)C)cc2)C1. The molecule has 0 spiro atoms. The zero-order valence-electron chi connectivity index (χ0n) is 23.2. The van der Waals surface area contributed by atoms with Gasteiger partial charge in [0.1, 0.15) is 5.75 Å². The zero-order chi connectivity index (χ0) is 27.2. The van der Waals surface area contributed by atoms with E-state index in [1.54, 1.807) is 4.90 Å². The minimum absolute atomic E-state index is 0.0133. The maximum absolute atomic E-state index is 13.6. The molecular weight excluding hydrogens is 472 g/mol. The Morgan fingerprint density at radius 2 is 1.55 bits per heavy atom. The standard InChI is InChI=1S/C33H40N2O3/c1-32(2,3)28-18-16-27(17-19-28)31(37)35-21-11-20-33(24-35,25-38-29-14-9-6-10-15-29)22-30(36)34(4)23-26-12-7-5-8-13-26/h5-10,12-19H,11,20-25H2,1-4H3/t33-/m0/s1. The van der Waals surface area contributed by atoms with Gasteiger partial charge in [-0.05, 0) is 53.6 Å². The number of carbonyl (C=O) groups is 2. The lowest BCUT2D eigenvalue weighted by Crippen LogP contribution is -2.50. The van der Waals surface area contributed by atoms with Gasteiger partial charge in [0, 0.05) is 44.1 Å². The average Bonchev–Trinajstić information content (AvgIpc) is 2.92. The number of amides is 2. The first-order valence-electron chi connectivity index (χ1n) is 13.5. The molecule has 0 bridgehead atoms. The molecule has 2 amide bonds. The monoisotopic (exact) mass is 512 g/mol. The minimum atomic E-state index is -0.461. The summed E-state index contributed by atoms with van der Waals surface area (Å²) in [6, 6.07) is 27.7. The summed E-state index contributed by atoms with van der Waals surface area (Å²) < 4.78 is 6.23. The normalized spacial score (nSPS) is 17.6. The van der Waals surface area contributed by atoms with E-state index in [1.807, 2.05) is 96.9 Å². The van der Waals surface area contributed by atoms with Crippen molar-refractivity contribution in [3.8, 4) is 5.75 Å². The molecule has 1 aliphatic rings. The van der Waals surface area contributed by atoms with Gasteiger partial charge in [0.25, 0.3) is 5.91 Å². The van der Waals surface area contributed by atoms with Gasteiger partial charge in [-0.2, -0.15) is 0 Å². The number of benzene rings is 3. The lowest BCUT2D eigenvalue weighted by molar-refractivity contribution is -0.134. The highest BCUT2D eigenvalue weighted by molar-refractivity contribution is 5.94. The van der Waals surface area contributed by atoms with Crippen molar-refractivity contribution in [2.45, 2.75) is 52.0 Å². The van der Waals surface area contributed by atoms with Crippen LogP contribution in [-0.4, -0.2) is 48.4 Å². The largest absolute Gasteiger partial charge is 0.493 e. The topological polar surface area (TPSA) is 49.9 Å². The van der Waals surface area contributed by atoms with Gasteiger partial charge in [0.05, 0.1) is 6.61 Å². The third kappa shape index (κ3) is 7.03. The fourth-order valence-electron chi connectivity index (χ4n) is 5.14. The Morgan fingerprint density at radius 3 is 2.18 bits per heavy atom. The summed E-state index contributed by atoms with van der Waals surface area (Å²) in [5, 5.41) is 0. The average molecular weight is 513 g/mol. The Kier molecular flexibility index (Phi) is 8.55. The second-order valence-electron chi connectivity index (χ2n) is 11.7. The van der Waals surface area contributed by atoms with Crippen LogP contribution in [0.15, 0.2) is 84.9 Å². The lowest BCUT2D eigenvalue weighted by Gasteiger charge is -2.43. The van der Waals surface area contributed by atoms with Crippen molar-refractivity contribution in [2.24, 2.45) is 5.41 Å². The van der Waals surface area contributed by atoms with E-state index < -0.39 is 5.41 Å². The molecule has 0 aromatic heterocycles. The molecule has 1 heterocycles. The molecule has 0 radical (unpaired) electrons. The molecule has 38 heavy (non-hydrogen) atoms. The number of hydrogen-bond donors (Lipinski definition) is 0. The molecule has 1 saturated heterocycles. The van der Waals surface area contributed by atoms with Crippen LogP contribution in [0.4, 0.5) is 0 Å². The molecule has 0 unspecified atom stereocenters.